The molecule has 3 heteroatoms. The van der Waals surface area contributed by atoms with Gasteiger partial charge < -0.3 is 4.42 Å². The normalized spacial score (nSPS) is 10.4. The average molecular weight is 152 g/mol. The summed E-state index contributed by atoms with van der Waals surface area (Å²) in [6, 6.07) is 5.14. The molecule has 2 rings (SSSR count). The van der Waals surface area contributed by atoms with Crippen LogP contribution >= 0.6 is 11.3 Å². The molecule has 50 valence electrons. The van der Waals surface area contributed by atoms with Gasteiger partial charge in [0.25, 0.3) is 0 Å². The molecule has 0 amide bonds. The Labute approximate surface area is 61.1 Å². The van der Waals surface area contributed by atoms with Gasteiger partial charge in [-0.15, -0.1) is 0 Å². The molecular weight excluding hydrogens is 148 g/mol. The zero-order chi connectivity index (χ0) is 6.97. The van der Waals surface area contributed by atoms with Gasteiger partial charge >= 0.3 is 0 Å². The summed E-state index contributed by atoms with van der Waals surface area (Å²) in [4.78, 5) is 11.7. The second-order valence-corrected chi connectivity index (χ2v) is 2.95. The zero-order valence-electron chi connectivity index (χ0n) is 5.03. The van der Waals surface area contributed by atoms with Gasteiger partial charge in [-0.25, -0.2) is 0 Å². The van der Waals surface area contributed by atoms with Crippen LogP contribution < -0.4 is 4.74 Å². The Balaban J connectivity index is 2.88. The Hall–Kier alpha value is -1.09. The van der Waals surface area contributed by atoms with Gasteiger partial charge in [-0.3, -0.25) is 4.79 Å². The molecule has 0 atom stereocenters. The lowest BCUT2D eigenvalue weighted by molar-refractivity contribution is 0.568. The molecule has 0 aromatic rings. The molecule has 0 aromatic carbocycles. The van der Waals surface area contributed by atoms with Crippen LogP contribution in [-0.4, -0.2) is 0 Å². The Kier molecular flexibility index (Phi) is 1.11. The number of hydrogen-bond acceptors (Lipinski definition) is 3. The topological polar surface area (TPSA) is 30.2 Å². The third-order valence-electron chi connectivity index (χ3n) is 1.22. The molecule has 0 fully saturated rings. The van der Waals surface area contributed by atoms with Gasteiger partial charge in [0.1, 0.15) is 5.76 Å². The van der Waals surface area contributed by atoms with Crippen LogP contribution in [-0.2, 0) is 0 Å². The van der Waals surface area contributed by atoms with Crippen molar-refractivity contribution in [3.8, 4) is 10.6 Å². The number of hydrogen-bond donors (Lipinski definition) is 0. The quantitative estimate of drug-likeness (QED) is 0.576. The fourth-order valence-electron chi connectivity index (χ4n) is 0.814. The monoisotopic (exact) mass is 152 g/mol. The number of fused-ring (bicyclic) bond motifs is 1. The maximum absolute atomic E-state index is 10.7. The van der Waals surface area contributed by atoms with Gasteiger partial charge in [0.05, 0.1) is 11.1 Å². The first kappa shape index (κ1) is 5.68. The minimum absolute atomic E-state index is 0.0463. The van der Waals surface area contributed by atoms with E-state index in [1.54, 1.807) is 12.3 Å². The van der Waals surface area contributed by atoms with Gasteiger partial charge in [-0.2, -0.15) is 0 Å². The van der Waals surface area contributed by atoms with Crippen LogP contribution in [0, 0.1) is 0 Å². The first-order valence-corrected chi connectivity index (χ1v) is 3.65. The van der Waals surface area contributed by atoms with Crippen molar-refractivity contribution in [3.63, 3.8) is 0 Å². The maximum atomic E-state index is 10.7. The predicted octanol–water partition coefficient (Wildman–Crippen LogP) is 1.81. The predicted molar refractivity (Wildman–Crippen MR) is 39.5 cm³/mol. The van der Waals surface area contributed by atoms with E-state index in [9.17, 15) is 4.79 Å². The van der Waals surface area contributed by atoms with Crippen LogP contribution in [0.2, 0.25) is 0 Å². The van der Waals surface area contributed by atoms with Crippen molar-refractivity contribution in [2.75, 3.05) is 0 Å². The third kappa shape index (κ3) is 0.752. The Morgan fingerprint density at radius 3 is 3.20 bits per heavy atom. The molecule has 2 nitrogen and oxygen atoms in total. The van der Waals surface area contributed by atoms with E-state index >= 15 is 0 Å². The number of rotatable bonds is 0. The highest BCUT2D eigenvalue weighted by Crippen LogP contribution is 2.22. The lowest BCUT2D eigenvalue weighted by atomic mass is 10.3. The average Bonchev–Trinajstić information content (AvgIpc) is 2.27. The summed E-state index contributed by atoms with van der Waals surface area (Å²) in [6.07, 6.45) is 1.56. The van der Waals surface area contributed by atoms with Crippen LogP contribution in [0.1, 0.15) is 0 Å². The molecule has 0 saturated carbocycles. The second-order valence-electron chi connectivity index (χ2n) is 1.91. The lowest BCUT2D eigenvalue weighted by Crippen LogP contribution is -1.78. The lowest BCUT2D eigenvalue weighted by Gasteiger charge is -1.90. The first-order valence-electron chi connectivity index (χ1n) is 2.83. The van der Waals surface area contributed by atoms with Crippen molar-refractivity contribution in [3.05, 3.63) is 34.0 Å². The SMILES string of the molecule is O=c1cc2occcc-2s1. The molecule has 0 aromatic heterocycles. The van der Waals surface area contributed by atoms with Crippen LogP contribution in [0.15, 0.2) is 33.7 Å². The second kappa shape index (κ2) is 1.95. The standard InChI is InChI=1S/C7H4O2S/c8-7-4-5-6(10-7)2-1-3-9-5/h1-4H. The molecule has 2 aliphatic heterocycles. The summed E-state index contributed by atoms with van der Waals surface area (Å²) in [7, 11) is 0. The van der Waals surface area contributed by atoms with E-state index in [1.807, 2.05) is 6.07 Å². The van der Waals surface area contributed by atoms with Crippen molar-refractivity contribution >= 4 is 11.3 Å². The molecule has 10 heavy (non-hydrogen) atoms. The molecule has 0 spiro atoms. The highest BCUT2D eigenvalue weighted by atomic mass is 32.1. The van der Waals surface area contributed by atoms with Crippen LogP contribution in [0.4, 0.5) is 0 Å². The van der Waals surface area contributed by atoms with E-state index < -0.39 is 0 Å². The zero-order valence-corrected chi connectivity index (χ0v) is 5.85. The third-order valence-corrected chi connectivity index (χ3v) is 2.10. The summed E-state index contributed by atoms with van der Waals surface area (Å²) < 4.78 is 5.09. The molecule has 0 N–H and O–H groups in total. The van der Waals surface area contributed by atoms with Crippen molar-refractivity contribution in [2.45, 2.75) is 0 Å². The Bertz CT molecular complexity index is 327. The summed E-state index contributed by atoms with van der Waals surface area (Å²) in [5.74, 6) is 0.678. The van der Waals surface area contributed by atoms with E-state index in [0.29, 0.717) is 5.76 Å². The van der Waals surface area contributed by atoms with Crippen molar-refractivity contribution < 1.29 is 4.42 Å². The fraction of sp³-hybridized carbons (Fsp3) is 0. The van der Waals surface area contributed by atoms with Crippen molar-refractivity contribution in [1.29, 1.82) is 0 Å². The van der Waals surface area contributed by atoms with E-state index in [2.05, 4.69) is 0 Å². The van der Waals surface area contributed by atoms with Gasteiger partial charge in [-0.05, 0) is 12.1 Å². The highest BCUT2D eigenvalue weighted by molar-refractivity contribution is 7.13. The molecule has 0 saturated heterocycles. The molecule has 0 aliphatic carbocycles. The van der Waals surface area contributed by atoms with Gasteiger partial charge in [0.2, 0.25) is 4.74 Å². The van der Waals surface area contributed by atoms with E-state index in [-0.39, 0.29) is 4.74 Å². The molecule has 0 unspecified atom stereocenters. The minimum atomic E-state index is 0.0463. The largest absolute Gasteiger partial charge is 0.463 e. The van der Waals surface area contributed by atoms with E-state index in [4.69, 9.17) is 4.42 Å². The summed E-state index contributed by atoms with van der Waals surface area (Å²) >= 11 is 1.20. The van der Waals surface area contributed by atoms with Crippen molar-refractivity contribution in [1.82, 2.24) is 0 Å². The van der Waals surface area contributed by atoms with E-state index in [1.165, 1.54) is 17.4 Å². The molecule has 2 aliphatic rings. The summed E-state index contributed by atoms with van der Waals surface area (Å²) in [5.41, 5.74) is 0. The molecule has 0 bridgehead atoms. The van der Waals surface area contributed by atoms with Gasteiger partial charge in [0, 0.05) is 6.07 Å². The smallest absolute Gasteiger partial charge is 0.236 e. The summed E-state index contributed by atoms with van der Waals surface area (Å²) in [5, 5.41) is 0. The Morgan fingerprint density at radius 2 is 2.40 bits per heavy atom. The Morgan fingerprint density at radius 1 is 1.50 bits per heavy atom. The summed E-state index contributed by atoms with van der Waals surface area (Å²) in [6.45, 7) is 0. The highest BCUT2D eigenvalue weighted by Gasteiger charge is 2.05. The molecular formula is C7H4O2S. The van der Waals surface area contributed by atoms with Crippen LogP contribution in [0.3, 0.4) is 0 Å². The first-order chi connectivity index (χ1) is 4.86. The van der Waals surface area contributed by atoms with Crippen LogP contribution in [0.25, 0.3) is 10.6 Å². The van der Waals surface area contributed by atoms with Crippen LogP contribution in [0.5, 0.6) is 0 Å². The maximum Gasteiger partial charge on any atom is 0.236 e. The molecule has 2 heterocycles. The minimum Gasteiger partial charge on any atom is -0.463 e. The fourth-order valence-corrected chi connectivity index (χ4v) is 1.55. The van der Waals surface area contributed by atoms with Gasteiger partial charge in [0.15, 0.2) is 0 Å². The van der Waals surface area contributed by atoms with Gasteiger partial charge in [-0.1, -0.05) is 11.3 Å². The number of thiophene rings is 1. The molecule has 0 radical (unpaired) electrons. The van der Waals surface area contributed by atoms with E-state index in [0.717, 1.165) is 4.88 Å². The van der Waals surface area contributed by atoms with Crippen molar-refractivity contribution in [2.24, 2.45) is 0 Å².